The average molecular weight is 399 g/mol. The molecule has 0 spiro atoms. The number of pyridine rings is 1. The lowest BCUT2D eigenvalue weighted by molar-refractivity contribution is 0.658. The number of nitrogens with zero attached hydrogens (tertiary/aromatic N) is 6. The van der Waals surface area contributed by atoms with Gasteiger partial charge in [-0.2, -0.15) is 9.61 Å². The Kier molecular flexibility index (Phi) is 4.91. The third-order valence-corrected chi connectivity index (χ3v) is 5.83. The maximum atomic E-state index is 4.69. The highest BCUT2D eigenvalue weighted by atomic mass is 15.4. The van der Waals surface area contributed by atoms with E-state index in [1.54, 1.807) is 10.7 Å². The Labute approximate surface area is 176 Å². The number of rotatable bonds is 5. The van der Waals surface area contributed by atoms with Crippen LogP contribution in [0.3, 0.4) is 0 Å². The van der Waals surface area contributed by atoms with Gasteiger partial charge in [0.05, 0.1) is 5.69 Å². The zero-order chi connectivity index (χ0) is 20.5. The normalized spacial score (nSPS) is 14.5. The topological polar surface area (TPSA) is 59.2 Å². The van der Waals surface area contributed by atoms with Crippen molar-refractivity contribution in [3.8, 4) is 11.5 Å². The molecule has 0 amide bonds. The standard InChI is InChI=1S/C24H26N6/c1-3-4-13-29-14-7-8-19-15-18(10-11-22(19)29)16-20-17(2)28-30-23(20)26-27-24(30)21-9-5-6-12-25-21/h5-6,9-12,15-16H,3-4,7-8,13-14H2,1-2H3. The molecule has 0 aliphatic carbocycles. The zero-order valence-corrected chi connectivity index (χ0v) is 17.5. The van der Waals surface area contributed by atoms with Gasteiger partial charge >= 0.3 is 0 Å². The van der Waals surface area contributed by atoms with Crippen molar-refractivity contribution >= 4 is 17.4 Å². The molecule has 0 N–H and O–H groups in total. The van der Waals surface area contributed by atoms with Crippen molar-refractivity contribution in [2.45, 2.75) is 39.5 Å². The number of unbranched alkanes of at least 4 members (excludes halogenated alkanes) is 1. The summed E-state index contributed by atoms with van der Waals surface area (Å²) < 4.78 is 1.80. The van der Waals surface area contributed by atoms with Gasteiger partial charge < -0.3 is 4.90 Å². The number of aryl methyl sites for hydroxylation is 2. The van der Waals surface area contributed by atoms with Crippen molar-refractivity contribution in [1.29, 1.82) is 0 Å². The fraction of sp³-hybridized carbons (Fsp3) is 0.333. The molecular formula is C24H26N6. The van der Waals surface area contributed by atoms with Crippen LogP contribution in [0.4, 0.5) is 5.69 Å². The SMILES string of the molecule is CCCCN1CCCc2cc(C=c3c(C)nn4c(-c5ccccn5)nnc34)ccc21. The molecule has 3 aromatic heterocycles. The van der Waals surface area contributed by atoms with Gasteiger partial charge in [0.1, 0.15) is 5.69 Å². The Morgan fingerprint density at radius 1 is 1.13 bits per heavy atom. The van der Waals surface area contributed by atoms with Crippen molar-refractivity contribution < 1.29 is 0 Å². The van der Waals surface area contributed by atoms with Gasteiger partial charge in [0.15, 0.2) is 5.65 Å². The van der Waals surface area contributed by atoms with Crippen LogP contribution >= 0.6 is 0 Å². The lowest BCUT2D eigenvalue weighted by Crippen LogP contribution is -2.30. The van der Waals surface area contributed by atoms with Gasteiger partial charge in [0, 0.05) is 30.2 Å². The maximum absolute atomic E-state index is 4.69. The molecule has 5 rings (SSSR count). The summed E-state index contributed by atoms with van der Waals surface area (Å²) in [6.45, 7) is 6.59. The predicted molar refractivity (Wildman–Crippen MR) is 119 cm³/mol. The van der Waals surface area contributed by atoms with E-state index in [1.807, 2.05) is 25.1 Å². The van der Waals surface area contributed by atoms with Crippen LogP contribution in [0, 0.1) is 6.92 Å². The number of fused-ring (bicyclic) bond motifs is 2. The Balaban J connectivity index is 1.54. The first-order valence-electron chi connectivity index (χ1n) is 10.8. The van der Waals surface area contributed by atoms with Crippen LogP contribution in [0.25, 0.3) is 23.2 Å². The highest BCUT2D eigenvalue weighted by molar-refractivity contribution is 5.65. The van der Waals surface area contributed by atoms with Crippen LogP contribution < -0.4 is 10.1 Å². The molecule has 0 unspecified atom stereocenters. The van der Waals surface area contributed by atoms with E-state index >= 15 is 0 Å². The molecule has 6 heteroatoms. The smallest absolute Gasteiger partial charge is 0.203 e. The van der Waals surface area contributed by atoms with E-state index in [1.165, 1.54) is 42.6 Å². The Morgan fingerprint density at radius 2 is 2.07 bits per heavy atom. The lowest BCUT2D eigenvalue weighted by atomic mass is 9.98. The van der Waals surface area contributed by atoms with Crippen LogP contribution in [-0.4, -0.2) is 37.9 Å². The van der Waals surface area contributed by atoms with Crippen LogP contribution in [0.15, 0.2) is 42.6 Å². The van der Waals surface area contributed by atoms with E-state index in [-0.39, 0.29) is 0 Å². The summed E-state index contributed by atoms with van der Waals surface area (Å²) in [6, 6.07) is 12.6. The van der Waals surface area contributed by atoms with Crippen LogP contribution in [-0.2, 0) is 6.42 Å². The molecule has 0 bridgehead atoms. The van der Waals surface area contributed by atoms with Gasteiger partial charge in [-0.25, -0.2) is 0 Å². The third kappa shape index (κ3) is 3.32. The fourth-order valence-corrected chi connectivity index (χ4v) is 4.26. The highest BCUT2D eigenvalue weighted by Crippen LogP contribution is 2.28. The van der Waals surface area contributed by atoms with E-state index in [2.05, 4.69) is 51.3 Å². The Hall–Kier alpha value is -3.28. The molecule has 0 atom stereocenters. The van der Waals surface area contributed by atoms with E-state index in [9.17, 15) is 0 Å². The number of hydrogen-bond acceptors (Lipinski definition) is 5. The Morgan fingerprint density at radius 3 is 2.90 bits per heavy atom. The Bertz CT molecular complexity index is 1230. The van der Waals surface area contributed by atoms with E-state index < -0.39 is 0 Å². The summed E-state index contributed by atoms with van der Waals surface area (Å²) in [5, 5.41) is 14.5. The molecule has 1 aliphatic rings. The van der Waals surface area contributed by atoms with Gasteiger partial charge in [0.2, 0.25) is 5.82 Å². The predicted octanol–water partition coefficient (Wildman–Crippen LogP) is 3.60. The average Bonchev–Trinajstić information content (AvgIpc) is 3.32. The highest BCUT2D eigenvalue weighted by Gasteiger charge is 2.17. The summed E-state index contributed by atoms with van der Waals surface area (Å²) in [5.74, 6) is 0.672. The largest absolute Gasteiger partial charge is 0.371 e. The van der Waals surface area contributed by atoms with Gasteiger partial charge in [-0.3, -0.25) is 4.98 Å². The maximum Gasteiger partial charge on any atom is 0.203 e. The zero-order valence-electron chi connectivity index (χ0n) is 17.5. The molecular weight excluding hydrogens is 372 g/mol. The molecule has 0 radical (unpaired) electrons. The molecule has 30 heavy (non-hydrogen) atoms. The molecule has 1 aromatic carbocycles. The third-order valence-electron chi connectivity index (χ3n) is 5.83. The van der Waals surface area contributed by atoms with E-state index in [0.717, 1.165) is 35.2 Å². The monoisotopic (exact) mass is 398 g/mol. The van der Waals surface area contributed by atoms with Gasteiger partial charge in [-0.1, -0.05) is 25.5 Å². The summed E-state index contributed by atoms with van der Waals surface area (Å²) in [4.78, 5) is 6.93. The second-order valence-electron chi connectivity index (χ2n) is 7.95. The van der Waals surface area contributed by atoms with E-state index in [4.69, 9.17) is 5.10 Å². The molecule has 0 saturated heterocycles. The molecule has 4 aromatic rings. The second kappa shape index (κ2) is 7.86. The number of benzene rings is 1. The first-order valence-corrected chi connectivity index (χ1v) is 10.8. The first kappa shape index (κ1) is 18.7. The van der Waals surface area contributed by atoms with Crippen molar-refractivity contribution in [1.82, 2.24) is 24.8 Å². The van der Waals surface area contributed by atoms with E-state index in [0.29, 0.717) is 5.82 Å². The second-order valence-corrected chi connectivity index (χ2v) is 7.95. The van der Waals surface area contributed by atoms with Gasteiger partial charge in [-0.05, 0) is 67.7 Å². The minimum atomic E-state index is 0.672. The summed E-state index contributed by atoms with van der Waals surface area (Å²) >= 11 is 0. The molecule has 0 saturated carbocycles. The number of anilines is 1. The molecule has 1 aliphatic heterocycles. The van der Waals surface area contributed by atoms with Crippen molar-refractivity contribution in [3.05, 3.63) is 64.6 Å². The molecule has 4 heterocycles. The minimum Gasteiger partial charge on any atom is -0.371 e. The van der Waals surface area contributed by atoms with Crippen molar-refractivity contribution in [3.63, 3.8) is 0 Å². The van der Waals surface area contributed by atoms with Gasteiger partial charge in [0.25, 0.3) is 0 Å². The fourth-order valence-electron chi connectivity index (χ4n) is 4.26. The number of aromatic nitrogens is 5. The van der Waals surface area contributed by atoms with Crippen molar-refractivity contribution in [2.75, 3.05) is 18.0 Å². The first-order chi connectivity index (χ1) is 14.7. The van der Waals surface area contributed by atoms with Crippen LogP contribution in [0.1, 0.15) is 43.0 Å². The summed E-state index contributed by atoms with van der Waals surface area (Å²) in [6.07, 6.45) is 8.78. The quantitative estimate of drug-likeness (QED) is 0.514. The lowest BCUT2D eigenvalue weighted by Gasteiger charge is -2.31. The molecule has 0 fully saturated rings. The number of hydrogen-bond donors (Lipinski definition) is 0. The molecule has 152 valence electrons. The van der Waals surface area contributed by atoms with Crippen molar-refractivity contribution in [2.24, 2.45) is 0 Å². The minimum absolute atomic E-state index is 0.672. The van der Waals surface area contributed by atoms with Gasteiger partial charge in [-0.15, -0.1) is 10.2 Å². The molecule has 6 nitrogen and oxygen atoms in total. The van der Waals surface area contributed by atoms with Crippen LogP contribution in [0.2, 0.25) is 0 Å². The summed E-state index contributed by atoms with van der Waals surface area (Å²) in [7, 11) is 0. The van der Waals surface area contributed by atoms with Crippen LogP contribution in [0.5, 0.6) is 0 Å². The summed E-state index contributed by atoms with van der Waals surface area (Å²) in [5.41, 5.74) is 6.51.